The van der Waals surface area contributed by atoms with Gasteiger partial charge in [-0.3, -0.25) is 4.68 Å². The minimum atomic E-state index is -4.41. The lowest BCUT2D eigenvalue weighted by atomic mass is 10.1. The van der Waals surface area contributed by atoms with Gasteiger partial charge in [0.2, 0.25) is 0 Å². The van der Waals surface area contributed by atoms with Gasteiger partial charge in [0, 0.05) is 33.4 Å². The molecule has 2 heterocycles. The van der Waals surface area contributed by atoms with Gasteiger partial charge >= 0.3 is 12.2 Å². The summed E-state index contributed by atoms with van der Waals surface area (Å²) in [6.07, 6.45) is -1.83. The molecule has 1 aromatic heterocycles. The lowest BCUT2D eigenvalue weighted by molar-refractivity contribution is -0.141. The van der Waals surface area contributed by atoms with Crippen molar-refractivity contribution in [2.24, 2.45) is 0 Å². The van der Waals surface area contributed by atoms with Gasteiger partial charge in [-0.25, -0.2) is 4.79 Å². The van der Waals surface area contributed by atoms with Crippen LogP contribution in [0.15, 0.2) is 12.3 Å². The van der Waals surface area contributed by atoms with E-state index in [9.17, 15) is 18.0 Å². The Kier molecular flexibility index (Phi) is 3.92. The molecule has 0 atom stereocenters. The van der Waals surface area contributed by atoms with E-state index in [4.69, 9.17) is 0 Å². The number of carbonyl (C=O) groups excluding carboxylic acids is 1. The van der Waals surface area contributed by atoms with Crippen LogP contribution in [0.3, 0.4) is 0 Å². The number of aromatic nitrogens is 2. The third-order valence-corrected chi connectivity index (χ3v) is 3.39. The second-order valence-corrected chi connectivity index (χ2v) is 5.07. The number of urea groups is 1. The van der Waals surface area contributed by atoms with Crippen LogP contribution >= 0.6 is 0 Å². The Bertz CT molecular complexity index is 475. The summed E-state index contributed by atoms with van der Waals surface area (Å²) in [7, 11) is 3.36. The van der Waals surface area contributed by atoms with Crippen LogP contribution in [0.4, 0.5) is 18.0 Å². The predicted molar refractivity (Wildman–Crippen MR) is 66.2 cm³/mol. The van der Waals surface area contributed by atoms with Crippen molar-refractivity contribution < 1.29 is 18.0 Å². The number of likely N-dealkylation sites (tertiary alicyclic amines) is 1. The van der Waals surface area contributed by atoms with Crippen LogP contribution in [-0.2, 0) is 6.18 Å². The summed E-state index contributed by atoms with van der Waals surface area (Å²) in [5.41, 5.74) is -0.871. The van der Waals surface area contributed by atoms with Crippen LogP contribution in [0, 0.1) is 0 Å². The summed E-state index contributed by atoms with van der Waals surface area (Å²) in [5.74, 6) is 0. The zero-order valence-electron chi connectivity index (χ0n) is 11.4. The highest BCUT2D eigenvalue weighted by molar-refractivity contribution is 5.73. The molecule has 1 aliphatic heterocycles. The predicted octanol–water partition coefficient (Wildman–Crippen LogP) is 2.22. The van der Waals surface area contributed by atoms with Crippen LogP contribution in [0.1, 0.15) is 24.6 Å². The second-order valence-electron chi connectivity index (χ2n) is 5.07. The van der Waals surface area contributed by atoms with Crippen molar-refractivity contribution >= 4 is 6.03 Å². The first kappa shape index (κ1) is 14.7. The molecule has 0 radical (unpaired) electrons. The molecule has 0 N–H and O–H groups in total. The minimum absolute atomic E-state index is 0.0695. The molecule has 1 aliphatic rings. The van der Waals surface area contributed by atoms with E-state index in [1.54, 1.807) is 19.0 Å². The van der Waals surface area contributed by atoms with Gasteiger partial charge in [0.15, 0.2) is 5.69 Å². The largest absolute Gasteiger partial charge is 0.435 e. The summed E-state index contributed by atoms with van der Waals surface area (Å²) in [6.45, 7) is 1.06. The highest BCUT2D eigenvalue weighted by atomic mass is 19.4. The molecule has 8 heteroatoms. The van der Waals surface area contributed by atoms with E-state index in [0.717, 1.165) is 6.07 Å². The van der Waals surface area contributed by atoms with Crippen molar-refractivity contribution in [3.8, 4) is 0 Å². The summed E-state index contributed by atoms with van der Waals surface area (Å²) in [6, 6.07) is 0.828. The van der Waals surface area contributed by atoms with E-state index in [-0.39, 0.29) is 12.1 Å². The lowest BCUT2D eigenvalue weighted by Gasteiger charge is -2.33. The van der Waals surface area contributed by atoms with Gasteiger partial charge in [0.05, 0.1) is 6.04 Å². The number of amides is 2. The summed E-state index contributed by atoms with van der Waals surface area (Å²) >= 11 is 0. The molecule has 2 rings (SSSR count). The van der Waals surface area contributed by atoms with Crippen LogP contribution in [-0.4, -0.2) is 52.8 Å². The van der Waals surface area contributed by atoms with E-state index in [0.29, 0.717) is 25.9 Å². The Labute approximate surface area is 114 Å². The van der Waals surface area contributed by atoms with Crippen LogP contribution in [0.5, 0.6) is 0 Å². The molecule has 0 saturated carbocycles. The Hall–Kier alpha value is -1.73. The van der Waals surface area contributed by atoms with Gasteiger partial charge in [0.25, 0.3) is 0 Å². The molecular formula is C12H17F3N4O. The Morgan fingerprint density at radius 1 is 1.35 bits per heavy atom. The Morgan fingerprint density at radius 3 is 2.40 bits per heavy atom. The van der Waals surface area contributed by atoms with E-state index in [1.807, 2.05) is 0 Å². The van der Waals surface area contributed by atoms with Gasteiger partial charge in [-0.05, 0) is 18.9 Å². The summed E-state index contributed by atoms with van der Waals surface area (Å²) in [4.78, 5) is 15.0. The van der Waals surface area contributed by atoms with Crippen LogP contribution in [0.25, 0.3) is 0 Å². The molecule has 0 bridgehead atoms. The van der Waals surface area contributed by atoms with Crippen LogP contribution < -0.4 is 0 Å². The first-order chi connectivity index (χ1) is 9.29. The third kappa shape index (κ3) is 3.05. The molecule has 0 spiro atoms. The minimum Gasteiger partial charge on any atom is -0.331 e. The molecule has 0 aliphatic carbocycles. The van der Waals surface area contributed by atoms with E-state index in [1.165, 1.54) is 15.8 Å². The standard InChI is InChI=1S/C12H17F3N4O/c1-17(2)11(20)18-6-3-9(4-7-18)19-8-5-10(16-19)12(13,14)15/h5,8-9H,3-4,6-7H2,1-2H3. The second kappa shape index (κ2) is 5.34. The number of carbonyl (C=O) groups is 1. The van der Waals surface area contributed by atoms with Crippen molar-refractivity contribution in [3.05, 3.63) is 18.0 Å². The average molecular weight is 290 g/mol. The number of rotatable bonds is 1. The molecule has 1 aromatic rings. The molecule has 20 heavy (non-hydrogen) atoms. The molecule has 5 nitrogen and oxygen atoms in total. The van der Waals surface area contributed by atoms with Crippen molar-refractivity contribution in [1.29, 1.82) is 0 Å². The topological polar surface area (TPSA) is 41.4 Å². The molecule has 0 aromatic carbocycles. The molecule has 1 saturated heterocycles. The van der Waals surface area contributed by atoms with E-state index in [2.05, 4.69) is 5.10 Å². The summed E-state index contributed by atoms with van der Waals surface area (Å²) in [5, 5.41) is 3.59. The molecule has 1 fully saturated rings. The van der Waals surface area contributed by atoms with E-state index < -0.39 is 11.9 Å². The van der Waals surface area contributed by atoms with Crippen molar-refractivity contribution in [2.45, 2.75) is 25.1 Å². The Balaban J connectivity index is 1.97. The zero-order valence-corrected chi connectivity index (χ0v) is 11.4. The zero-order chi connectivity index (χ0) is 14.9. The first-order valence-corrected chi connectivity index (χ1v) is 6.37. The number of alkyl halides is 3. The molecule has 112 valence electrons. The quantitative estimate of drug-likeness (QED) is 0.796. The number of halogens is 3. The third-order valence-electron chi connectivity index (χ3n) is 3.39. The lowest BCUT2D eigenvalue weighted by Crippen LogP contribution is -2.44. The highest BCUT2D eigenvalue weighted by Gasteiger charge is 2.34. The normalized spacial score (nSPS) is 17.4. The number of hydrogen-bond acceptors (Lipinski definition) is 2. The molecule has 0 unspecified atom stereocenters. The van der Waals surface area contributed by atoms with E-state index >= 15 is 0 Å². The molecular weight excluding hydrogens is 273 g/mol. The maximum absolute atomic E-state index is 12.5. The van der Waals surface area contributed by atoms with Gasteiger partial charge in [-0.1, -0.05) is 0 Å². The Morgan fingerprint density at radius 2 is 1.95 bits per heavy atom. The maximum atomic E-state index is 12.5. The van der Waals surface area contributed by atoms with Crippen LogP contribution in [0.2, 0.25) is 0 Å². The average Bonchev–Trinajstić information content (AvgIpc) is 2.87. The first-order valence-electron chi connectivity index (χ1n) is 6.37. The number of hydrogen-bond donors (Lipinski definition) is 0. The fourth-order valence-corrected chi connectivity index (χ4v) is 2.30. The van der Waals surface area contributed by atoms with Gasteiger partial charge in [-0.2, -0.15) is 18.3 Å². The van der Waals surface area contributed by atoms with Gasteiger partial charge in [-0.15, -0.1) is 0 Å². The summed E-state index contributed by atoms with van der Waals surface area (Å²) < 4.78 is 38.8. The fraction of sp³-hybridized carbons (Fsp3) is 0.667. The van der Waals surface area contributed by atoms with Gasteiger partial charge < -0.3 is 9.80 Å². The smallest absolute Gasteiger partial charge is 0.331 e. The fourth-order valence-electron chi connectivity index (χ4n) is 2.30. The number of piperidine rings is 1. The monoisotopic (exact) mass is 290 g/mol. The SMILES string of the molecule is CN(C)C(=O)N1CCC(n2ccc(C(F)(F)F)n2)CC1. The van der Waals surface area contributed by atoms with Crippen molar-refractivity contribution in [2.75, 3.05) is 27.2 Å². The molecule has 2 amide bonds. The van der Waals surface area contributed by atoms with Gasteiger partial charge in [0.1, 0.15) is 0 Å². The van der Waals surface area contributed by atoms with Crippen molar-refractivity contribution in [3.63, 3.8) is 0 Å². The highest BCUT2D eigenvalue weighted by Crippen LogP contribution is 2.29. The maximum Gasteiger partial charge on any atom is 0.435 e. The number of nitrogens with zero attached hydrogens (tertiary/aromatic N) is 4. The van der Waals surface area contributed by atoms with Crippen molar-refractivity contribution in [1.82, 2.24) is 19.6 Å².